The van der Waals surface area contributed by atoms with Crippen molar-refractivity contribution in [3.63, 3.8) is 0 Å². The second kappa shape index (κ2) is 8.57. The Morgan fingerprint density at radius 1 is 1.00 bits per heavy atom. The van der Waals surface area contributed by atoms with E-state index < -0.39 is 0 Å². The number of fused-ring (bicyclic) bond motifs is 3. The van der Waals surface area contributed by atoms with Gasteiger partial charge in [0.1, 0.15) is 11.5 Å². The SMILES string of the molecule is COc1ccc(C2CC(=O)C3=C(C2)Nc2nc4ccccc4n2C3c2cccc(Br)c2)c(OC)c1. The van der Waals surface area contributed by atoms with E-state index in [-0.39, 0.29) is 17.7 Å². The van der Waals surface area contributed by atoms with Crippen LogP contribution in [0.3, 0.4) is 0 Å². The number of hydrogen-bond donors (Lipinski definition) is 1. The molecule has 1 N–H and O–H groups in total. The Bertz CT molecular complexity index is 1510. The second-order valence-electron chi connectivity index (χ2n) is 8.91. The summed E-state index contributed by atoms with van der Waals surface area (Å²) >= 11 is 3.61. The van der Waals surface area contributed by atoms with E-state index in [1.165, 1.54) is 0 Å². The number of anilines is 1. The van der Waals surface area contributed by atoms with Crippen molar-refractivity contribution in [1.29, 1.82) is 0 Å². The van der Waals surface area contributed by atoms with E-state index in [2.05, 4.69) is 44.0 Å². The number of carbonyl (C=O) groups excluding carboxylic acids is 1. The summed E-state index contributed by atoms with van der Waals surface area (Å²) in [5, 5.41) is 3.53. The third kappa shape index (κ3) is 3.62. The summed E-state index contributed by atoms with van der Waals surface area (Å²) in [4.78, 5) is 18.7. The zero-order chi connectivity index (χ0) is 24.1. The molecule has 0 amide bonds. The van der Waals surface area contributed by atoms with Crippen LogP contribution >= 0.6 is 15.9 Å². The van der Waals surface area contributed by atoms with Crippen LogP contribution in [0.4, 0.5) is 5.95 Å². The lowest BCUT2D eigenvalue weighted by molar-refractivity contribution is -0.116. The summed E-state index contributed by atoms with van der Waals surface area (Å²) in [7, 11) is 3.29. The van der Waals surface area contributed by atoms with E-state index in [9.17, 15) is 4.79 Å². The van der Waals surface area contributed by atoms with Crippen LogP contribution in [0.1, 0.15) is 35.9 Å². The molecule has 2 aliphatic rings. The molecule has 2 heterocycles. The maximum atomic E-state index is 13.9. The lowest BCUT2D eigenvalue weighted by Gasteiger charge is -2.36. The number of nitrogens with one attached hydrogen (secondary N) is 1. The van der Waals surface area contributed by atoms with E-state index in [1.807, 2.05) is 48.5 Å². The lowest BCUT2D eigenvalue weighted by atomic mass is 9.77. The average Bonchev–Trinajstić information content (AvgIpc) is 3.25. The summed E-state index contributed by atoms with van der Waals surface area (Å²) in [5.41, 5.74) is 5.69. The molecular weight excluding hydrogens is 506 g/mol. The van der Waals surface area contributed by atoms with Gasteiger partial charge in [-0.1, -0.05) is 46.3 Å². The molecule has 3 aromatic carbocycles. The molecule has 0 saturated heterocycles. The van der Waals surface area contributed by atoms with Crippen molar-refractivity contribution in [2.24, 2.45) is 0 Å². The van der Waals surface area contributed by atoms with Gasteiger partial charge in [-0.25, -0.2) is 4.98 Å². The molecular formula is C28H24BrN3O3. The standard InChI is InChI=1S/C28H24BrN3O3/c1-34-19-10-11-20(25(15-19)35-2)17-13-22-26(24(33)14-17)27(16-6-5-7-18(29)12-16)32-23-9-4-3-8-21(23)30-28(32)31-22/h3-12,15,17,27H,13-14H2,1-2H3,(H,30,31). The Hall–Kier alpha value is -3.58. The number of benzene rings is 3. The van der Waals surface area contributed by atoms with Gasteiger partial charge in [0.05, 0.1) is 31.3 Å². The molecule has 7 heteroatoms. The maximum absolute atomic E-state index is 13.9. The quantitative estimate of drug-likeness (QED) is 0.339. The van der Waals surface area contributed by atoms with Crippen molar-refractivity contribution < 1.29 is 14.3 Å². The number of carbonyl (C=O) groups is 1. The highest BCUT2D eigenvalue weighted by Crippen LogP contribution is 2.47. The van der Waals surface area contributed by atoms with Crippen molar-refractivity contribution in [2.75, 3.05) is 19.5 Å². The van der Waals surface area contributed by atoms with Crippen LogP contribution in [0.2, 0.25) is 0 Å². The van der Waals surface area contributed by atoms with Crippen LogP contribution in [0.15, 0.2) is 82.5 Å². The van der Waals surface area contributed by atoms with E-state index in [4.69, 9.17) is 14.5 Å². The van der Waals surface area contributed by atoms with Gasteiger partial charge >= 0.3 is 0 Å². The zero-order valence-corrected chi connectivity index (χ0v) is 21.0. The van der Waals surface area contributed by atoms with Crippen molar-refractivity contribution in [2.45, 2.75) is 24.8 Å². The predicted octanol–water partition coefficient (Wildman–Crippen LogP) is 6.23. The van der Waals surface area contributed by atoms with Crippen LogP contribution in [-0.4, -0.2) is 29.6 Å². The molecule has 2 unspecified atom stereocenters. The van der Waals surface area contributed by atoms with E-state index >= 15 is 0 Å². The van der Waals surface area contributed by atoms with Crippen LogP contribution in [0, 0.1) is 0 Å². The highest BCUT2D eigenvalue weighted by Gasteiger charge is 2.40. The van der Waals surface area contributed by atoms with Crippen LogP contribution in [0.25, 0.3) is 11.0 Å². The number of methoxy groups -OCH3 is 2. The molecule has 0 fully saturated rings. The molecule has 0 radical (unpaired) electrons. The summed E-state index contributed by atoms with van der Waals surface area (Å²) in [5.74, 6) is 2.35. The van der Waals surface area contributed by atoms with Gasteiger partial charge in [0.2, 0.25) is 5.95 Å². The van der Waals surface area contributed by atoms with Gasteiger partial charge in [0.15, 0.2) is 5.78 Å². The molecule has 0 bridgehead atoms. The molecule has 0 saturated carbocycles. The molecule has 2 atom stereocenters. The van der Waals surface area contributed by atoms with Gasteiger partial charge in [-0.15, -0.1) is 0 Å². The Morgan fingerprint density at radius 2 is 1.86 bits per heavy atom. The normalized spacial score (nSPS) is 19.2. The highest BCUT2D eigenvalue weighted by molar-refractivity contribution is 9.10. The highest BCUT2D eigenvalue weighted by atomic mass is 79.9. The minimum atomic E-state index is -0.252. The Balaban J connectivity index is 1.50. The third-order valence-electron chi connectivity index (χ3n) is 6.94. The number of ketones is 1. The number of Topliss-reactive ketones (excluding diaryl/α,β-unsaturated/α-hetero) is 1. The Kier molecular flexibility index (Phi) is 5.37. The number of nitrogens with zero attached hydrogens (tertiary/aromatic N) is 2. The largest absolute Gasteiger partial charge is 0.497 e. The molecule has 1 aliphatic heterocycles. The van der Waals surface area contributed by atoms with E-state index in [0.717, 1.165) is 55.4 Å². The predicted molar refractivity (Wildman–Crippen MR) is 139 cm³/mol. The summed E-state index contributed by atoms with van der Waals surface area (Å²) in [6.45, 7) is 0. The fraction of sp³-hybridized carbons (Fsp3) is 0.214. The van der Waals surface area contributed by atoms with Gasteiger partial charge in [-0.3, -0.25) is 9.36 Å². The van der Waals surface area contributed by atoms with Crippen molar-refractivity contribution in [3.8, 4) is 11.5 Å². The topological polar surface area (TPSA) is 65.4 Å². The Labute approximate surface area is 211 Å². The molecule has 35 heavy (non-hydrogen) atoms. The smallest absolute Gasteiger partial charge is 0.209 e. The van der Waals surface area contributed by atoms with Crippen molar-refractivity contribution in [1.82, 2.24) is 9.55 Å². The fourth-order valence-electron chi connectivity index (χ4n) is 5.39. The van der Waals surface area contributed by atoms with E-state index in [1.54, 1.807) is 14.2 Å². The number of para-hydroxylation sites is 2. The number of ether oxygens (including phenoxy) is 2. The van der Waals surface area contributed by atoms with Crippen LogP contribution in [0.5, 0.6) is 11.5 Å². The number of aromatic nitrogens is 2. The molecule has 6 nitrogen and oxygen atoms in total. The van der Waals surface area contributed by atoms with Gasteiger partial charge in [-0.05, 0) is 47.9 Å². The van der Waals surface area contributed by atoms with Gasteiger partial charge in [0.25, 0.3) is 0 Å². The van der Waals surface area contributed by atoms with Gasteiger partial charge in [-0.2, -0.15) is 0 Å². The average molecular weight is 530 g/mol. The number of allylic oxidation sites excluding steroid dienone is 2. The van der Waals surface area contributed by atoms with Gasteiger partial charge < -0.3 is 14.8 Å². The number of rotatable bonds is 4. The molecule has 176 valence electrons. The van der Waals surface area contributed by atoms with Crippen molar-refractivity contribution >= 4 is 38.7 Å². The first-order valence-electron chi connectivity index (χ1n) is 11.5. The first-order chi connectivity index (χ1) is 17.1. The third-order valence-corrected chi connectivity index (χ3v) is 7.44. The molecule has 6 rings (SSSR count). The first kappa shape index (κ1) is 21.9. The monoisotopic (exact) mass is 529 g/mol. The number of hydrogen-bond acceptors (Lipinski definition) is 5. The zero-order valence-electron chi connectivity index (χ0n) is 19.4. The first-order valence-corrected chi connectivity index (χ1v) is 12.3. The molecule has 0 spiro atoms. The number of imidazole rings is 1. The maximum Gasteiger partial charge on any atom is 0.209 e. The molecule has 1 aromatic heterocycles. The molecule has 4 aromatic rings. The summed E-state index contributed by atoms with van der Waals surface area (Å²) in [6.07, 6.45) is 1.10. The fourth-order valence-corrected chi connectivity index (χ4v) is 5.81. The second-order valence-corrected chi connectivity index (χ2v) is 9.82. The number of halogens is 1. The lowest BCUT2D eigenvalue weighted by Crippen LogP contribution is -2.33. The minimum absolute atomic E-state index is 0.00584. The van der Waals surface area contributed by atoms with Gasteiger partial charge in [0, 0.05) is 34.1 Å². The summed E-state index contributed by atoms with van der Waals surface area (Å²) in [6, 6.07) is 21.8. The van der Waals surface area contributed by atoms with Crippen LogP contribution in [-0.2, 0) is 4.79 Å². The summed E-state index contributed by atoms with van der Waals surface area (Å²) < 4.78 is 14.2. The van der Waals surface area contributed by atoms with Crippen LogP contribution < -0.4 is 14.8 Å². The Morgan fingerprint density at radius 3 is 2.66 bits per heavy atom. The van der Waals surface area contributed by atoms with Crippen molar-refractivity contribution in [3.05, 3.63) is 93.6 Å². The van der Waals surface area contributed by atoms with E-state index in [0.29, 0.717) is 12.8 Å². The molecule has 1 aliphatic carbocycles. The minimum Gasteiger partial charge on any atom is -0.497 e.